The minimum atomic E-state index is -3.38. The number of ketones is 1. The predicted octanol–water partition coefficient (Wildman–Crippen LogP) is 2.67. The summed E-state index contributed by atoms with van der Waals surface area (Å²) in [4.78, 5) is 11.5. The Balaban J connectivity index is 2.79. The number of Topliss-reactive ketones (excluding diaryl/α,β-unsaturated/α-hetero) is 1. The number of carbonyl (C=O) groups excluding carboxylic acids is 1. The van der Waals surface area contributed by atoms with E-state index in [1.54, 1.807) is 6.07 Å². The number of hydrogen-bond donors (Lipinski definition) is 0. The maximum atomic E-state index is 11.9. The first kappa shape index (κ1) is 13.6. The van der Waals surface area contributed by atoms with Crippen LogP contribution in [0.1, 0.15) is 10.4 Å². The van der Waals surface area contributed by atoms with E-state index in [9.17, 15) is 22.4 Å². The number of ether oxygens (including phenoxy) is 2. The third-order valence-electron chi connectivity index (χ3n) is 1.73. The van der Waals surface area contributed by atoms with Gasteiger partial charge in [0.15, 0.2) is 0 Å². The molecular formula is C10H8F4O3. The van der Waals surface area contributed by atoms with Crippen molar-refractivity contribution < 1.29 is 31.8 Å². The number of benzene rings is 1. The highest BCUT2D eigenvalue weighted by Crippen LogP contribution is 2.14. The van der Waals surface area contributed by atoms with E-state index in [0.717, 1.165) is 0 Å². The third-order valence-corrected chi connectivity index (χ3v) is 1.73. The van der Waals surface area contributed by atoms with Crippen LogP contribution in [0, 0.1) is 0 Å². The Morgan fingerprint density at radius 3 is 1.82 bits per heavy atom. The molecule has 0 aliphatic heterocycles. The van der Waals surface area contributed by atoms with E-state index in [-0.39, 0.29) is 5.56 Å². The molecule has 0 fully saturated rings. The highest BCUT2D eigenvalue weighted by atomic mass is 19.3. The molecule has 0 unspecified atom stereocenters. The van der Waals surface area contributed by atoms with Crippen molar-refractivity contribution in [2.75, 3.05) is 0 Å². The van der Waals surface area contributed by atoms with Crippen LogP contribution in [0.15, 0.2) is 30.3 Å². The summed E-state index contributed by atoms with van der Waals surface area (Å²) in [6.07, 6.45) is -2.32. The second-order valence-electron chi connectivity index (χ2n) is 2.86. The van der Waals surface area contributed by atoms with Crippen LogP contribution in [0.3, 0.4) is 0 Å². The molecule has 1 rings (SSSR count). The molecule has 0 saturated carbocycles. The molecule has 1 aromatic rings. The van der Waals surface area contributed by atoms with Crippen LogP contribution in [0.25, 0.3) is 0 Å². The quantitative estimate of drug-likeness (QED) is 0.443. The van der Waals surface area contributed by atoms with Crippen LogP contribution in [-0.2, 0) is 9.47 Å². The van der Waals surface area contributed by atoms with Crippen LogP contribution >= 0.6 is 0 Å². The molecular weight excluding hydrogens is 244 g/mol. The Kier molecular flexibility index (Phi) is 5.05. The monoisotopic (exact) mass is 252 g/mol. The van der Waals surface area contributed by atoms with Gasteiger partial charge >= 0.3 is 13.2 Å². The average molecular weight is 252 g/mol. The fourth-order valence-electron chi connectivity index (χ4n) is 1.08. The Morgan fingerprint density at radius 2 is 1.41 bits per heavy atom. The first-order chi connectivity index (χ1) is 8.00. The van der Waals surface area contributed by atoms with Crippen molar-refractivity contribution in [3.05, 3.63) is 35.9 Å². The van der Waals surface area contributed by atoms with Crippen molar-refractivity contribution in [2.24, 2.45) is 0 Å². The van der Waals surface area contributed by atoms with Gasteiger partial charge in [-0.2, -0.15) is 17.6 Å². The molecule has 0 atom stereocenters. The van der Waals surface area contributed by atoms with Gasteiger partial charge in [0.25, 0.3) is 0 Å². The number of halogens is 4. The molecule has 0 bridgehead atoms. The SMILES string of the molecule is O=C(c1ccccc1)C(OC(F)F)OC(F)F. The summed E-state index contributed by atoms with van der Waals surface area (Å²) in [6.45, 7) is -6.77. The Labute approximate surface area is 93.9 Å². The van der Waals surface area contributed by atoms with Crippen molar-refractivity contribution in [3.63, 3.8) is 0 Å². The van der Waals surface area contributed by atoms with Crippen LogP contribution in [0.4, 0.5) is 17.6 Å². The summed E-state index contributed by atoms with van der Waals surface area (Å²) >= 11 is 0. The molecule has 94 valence electrons. The summed E-state index contributed by atoms with van der Waals surface area (Å²) in [7, 11) is 0. The normalized spacial score (nSPS) is 11.5. The molecule has 0 radical (unpaired) electrons. The maximum absolute atomic E-state index is 11.9. The van der Waals surface area contributed by atoms with Crippen LogP contribution in [0.2, 0.25) is 0 Å². The topological polar surface area (TPSA) is 35.5 Å². The number of alkyl halides is 4. The smallest absolute Gasteiger partial charge is 0.288 e. The molecule has 0 amide bonds. The van der Waals surface area contributed by atoms with Gasteiger partial charge in [-0.15, -0.1) is 0 Å². The van der Waals surface area contributed by atoms with Gasteiger partial charge in [-0.05, 0) is 0 Å². The van der Waals surface area contributed by atoms with Crippen LogP contribution < -0.4 is 0 Å². The van der Waals surface area contributed by atoms with Gasteiger partial charge in [-0.3, -0.25) is 14.3 Å². The van der Waals surface area contributed by atoms with E-state index in [0.29, 0.717) is 0 Å². The molecule has 0 aliphatic carbocycles. The first-order valence-corrected chi connectivity index (χ1v) is 4.47. The number of carbonyl (C=O) groups is 1. The molecule has 0 aromatic heterocycles. The lowest BCUT2D eigenvalue weighted by molar-refractivity contribution is -0.277. The lowest BCUT2D eigenvalue weighted by atomic mass is 10.1. The zero-order chi connectivity index (χ0) is 12.8. The van der Waals surface area contributed by atoms with Gasteiger partial charge < -0.3 is 0 Å². The van der Waals surface area contributed by atoms with E-state index in [1.807, 2.05) is 0 Å². The Morgan fingerprint density at radius 1 is 0.941 bits per heavy atom. The molecule has 17 heavy (non-hydrogen) atoms. The van der Waals surface area contributed by atoms with Gasteiger partial charge in [-0.1, -0.05) is 30.3 Å². The van der Waals surface area contributed by atoms with Gasteiger partial charge in [-0.25, -0.2) is 0 Å². The van der Waals surface area contributed by atoms with E-state index in [1.165, 1.54) is 24.3 Å². The minimum absolute atomic E-state index is 0.0567. The second-order valence-corrected chi connectivity index (χ2v) is 2.86. The van der Waals surface area contributed by atoms with Crippen LogP contribution in [0.5, 0.6) is 0 Å². The fourth-order valence-corrected chi connectivity index (χ4v) is 1.08. The van der Waals surface area contributed by atoms with Crippen molar-refractivity contribution in [2.45, 2.75) is 19.5 Å². The van der Waals surface area contributed by atoms with Crippen molar-refractivity contribution in [3.8, 4) is 0 Å². The third kappa shape index (κ3) is 4.49. The molecule has 3 nitrogen and oxygen atoms in total. The molecule has 0 spiro atoms. The van der Waals surface area contributed by atoms with Gasteiger partial charge in [0.1, 0.15) is 0 Å². The van der Waals surface area contributed by atoms with E-state index in [4.69, 9.17) is 0 Å². The van der Waals surface area contributed by atoms with Crippen LogP contribution in [-0.4, -0.2) is 25.3 Å². The summed E-state index contributed by atoms with van der Waals surface area (Å²) in [5, 5.41) is 0. The zero-order valence-electron chi connectivity index (χ0n) is 8.36. The lowest BCUT2D eigenvalue weighted by Crippen LogP contribution is -2.31. The highest BCUT2D eigenvalue weighted by molar-refractivity contribution is 5.98. The molecule has 0 aliphatic rings. The largest absolute Gasteiger partial charge is 0.347 e. The standard InChI is InChI=1S/C10H8F4O3/c11-9(12)16-8(17-10(13)14)7(15)6-4-2-1-3-5-6/h1-5,8-10H. The second kappa shape index (κ2) is 6.31. The lowest BCUT2D eigenvalue weighted by Gasteiger charge is -2.16. The maximum Gasteiger partial charge on any atom is 0.347 e. The van der Waals surface area contributed by atoms with Gasteiger partial charge in [0.2, 0.25) is 12.1 Å². The summed E-state index contributed by atoms with van der Waals surface area (Å²) in [5.41, 5.74) is -0.0567. The predicted molar refractivity (Wildman–Crippen MR) is 48.7 cm³/mol. The highest BCUT2D eigenvalue weighted by Gasteiger charge is 2.28. The zero-order valence-corrected chi connectivity index (χ0v) is 8.36. The summed E-state index contributed by atoms with van der Waals surface area (Å²) < 4.78 is 55.0. The molecule has 0 N–H and O–H groups in total. The average Bonchev–Trinajstić information content (AvgIpc) is 2.27. The van der Waals surface area contributed by atoms with E-state index in [2.05, 4.69) is 9.47 Å². The molecule has 0 saturated heterocycles. The van der Waals surface area contributed by atoms with Gasteiger partial charge in [0, 0.05) is 5.56 Å². The van der Waals surface area contributed by atoms with Crippen molar-refractivity contribution in [1.82, 2.24) is 0 Å². The van der Waals surface area contributed by atoms with Gasteiger partial charge in [0.05, 0.1) is 0 Å². The van der Waals surface area contributed by atoms with E-state index < -0.39 is 25.3 Å². The molecule has 0 heterocycles. The Bertz CT molecular complexity index is 346. The minimum Gasteiger partial charge on any atom is -0.288 e. The van der Waals surface area contributed by atoms with Crippen molar-refractivity contribution in [1.29, 1.82) is 0 Å². The first-order valence-electron chi connectivity index (χ1n) is 4.47. The fraction of sp³-hybridized carbons (Fsp3) is 0.300. The number of hydrogen-bond acceptors (Lipinski definition) is 3. The number of rotatable bonds is 6. The molecule has 1 aromatic carbocycles. The molecule has 7 heteroatoms. The summed E-state index contributed by atoms with van der Waals surface area (Å²) in [6, 6.07) is 7.04. The Hall–Kier alpha value is -1.47. The summed E-state index contributed by atoms with van der Waals surface area (Å²) in [5.74, 6) is -1.09. The van der Waals surface area contributed by atoms with Crippen molar-refractivity contribution >= 4 is 5.78 Å². The van der Waals surface area contributed by atoms with E-state index >= 15 is 0 Å².